The van der Waals surface area contributed by atoms with Gasteiger partial charge in [0.2, 0.25) is 0 Å². The van der Waals surface area contributed by atoms with Crippen molar-refractivity contribution < 1.29 is 9.18 Å². The Labute approximate surface area is 151 Å². The van der Waals surface area contributed by atoms with Crippen molar-refractivity contribution in [3.63, 3.8) is 0 Å². The number of rotatable bonds is 6. The van der Waals surface area contributed by atoms with E-state index < -0.39 is 0 Å². The summed E-state index contributed by atoms with van der Waals surface area (Å²) in [7, 11) is 0. The summed E-state index contributed by atoms with van der Waals surface area (Å²) >= 11 is 0. The van der Waals surface area contributed by atoms with Crippen LogP contribution in [0.1, 0.15) is 34.5 Å². The molecular weight excluding hydrogens is 333 g/mol. The minimum atomic E-state index is -0.351. The zero-order chi connectivity index (χ0) is 18.7. The number of anilines is 1. The number of carbonyl (C=O) groups excluding carboxylic acids is 1. The minimum absolute atomic E-state index is 0.191. The lowest BCUT2D eigenvalue weighted by molar-refractivity contribution is 0.0953. The van der Waals surface area contributed by atoms with E-state index in [1.54, 1.807) is 6.33 Å². The lowest BCUT2D eigenvalue weighted by atomic mass is 10.2. The molecule has 0 radical (unpaired) electrons. The smallest absolute Gasteiger partial charge is 0.251 e. The molecule has 0 aliphatic heterocycles. The first-order valence-corrected chi connectivity index (χ1v) is 8.58. The SMILES string of the molecule is Cc1nc(N)c2ncn(CCCCNC(=O)c3ccc(F)cc3)c2c1C. The Hall–Kier alpha value is -2.96. The number of amides is 1. The lowest BCUT2D eigenvalue weighted by Crippen LogP contribution is -2.24. The van der Waals surface area contributed by atoms with E-state index in [0.717, 1.165) is 41.7 Å². The molecule has 3 rings (SSSR count). The number of unbranched alkanes of at least 4 members (excludes halogenated alkanes) is 1. The Bertz CT molecular complexity index is 933. The number of nitrogens with one attached hydrogen (secondary N) is 1. The van der Waals surface area contributed by atoms with Crippen LogP contribution in [0.3, 0.4) is 0 Å². The molecule has 0 saturated carbocycles. The Morgan fingerprint density at radius 1 is 1.23 bits per heavy atom. The van der Waals surface area contributed by atoms with Crippen LogP contribution in [0.15, 0.2) is 30.6 Å². The molecule has 136 valence electrons. The average Bonchev–Trinajstić information content (AvgIpc) is 3.04. The predicted molar refractivity (Wildman–Crippen MR) is 99.4 cm³/mol. The molecule has 2 aromatic heterocycles. The molecule has 0 fully saturated rings. The topological polar surface area (TPSA) is 85.8 Å². The largest absolute Gasteiger partial charge is 0.382 e. The summed E-state index contributed by atoms with van der Waals surface area (Å²) in [6, 6.07) is 5.52. The van der Waals surface area contributed by atoms with E-state index >= 15 is 0 Å². The molecule has 3 N–H and O–H groups in total. The molecule has 6 nitrogen and oxygen atoms in total. The fourth-order valence-electron chi connectivity index (χ4n) is 2.93. The van der Waals surface area contributed by atoms with Crippen molar-refractivity contribution in [3.8, 4) is 0 Å². The number of fused-ring (bicyclic) bond motifs is 1. The molecular formula is C19H22FN5O. The molecule has 0 spiro atoms. The quantitative estimate of drug-likeness (QED) is 0.666. The number of halogens is 1. The van der Waals surface area contributed by atoms with E-state index in [4.69, 9.17) is 5.73 Å². The van der Waals surface area contributed by atoms with Gasteiger partial charge < -0.3 is 15.6 Å². The molecule has 26 heavy (non-hydrogen) atoms. The summed E-state index contributed by atoms with van der Waals surface area (Å²) in [5, 5.41) is 2.85. The standard InChI is InChI=1S/C19H22FN5O/c1-12-13(2)24-18(21)16-17(12)25(11-23-16)10-4-3-9-22-19(26)14-5-7-15(20)8-6-14/h5-8,11H,3-4,9-10H2,1-2H3,(H2,21,24)(H,22,26). The number of aromatic nitrogens is 3. The van der Waals surface area contributed by atoms with E-state index in [9.17, 15) is 9.18 Å². The van der Waals surface area contributed by atoms with Gasteiger partial charge in [-0.3, -0.25) is 4.79 Å². The van der Waals surface area contributed by atoms with Crippen molar-refractivity contribution in [2.75, 3.05) is 12.3 Å². The second-order valence-electron chi connectivity index (χ2n) is 6.31. The number of imidazole rings is 1. The van der Waals surface area contributed by atoms with Gasteiger partial charge in [0.1, 0.15) is 11.3 Å². The van der Waals surface area contributed by atoms with Gasteiger partial charge in [0.25, 0.3) is 5.91 Å². The van der Waals surface area contributed by atoms with Crippen LogP contribution in [-0.2, 0) is 6.54 Å². The number of hydrogen-bond acceptors (Lipinski definition) is 4. The van der Waals surface area contributed by atoms with E-state index in [1.807, 2.05) is 13.8 Å². The molecule has 0 bridgehead atoms. The Morgan fingerprint density at radius 3 is 2.69 bits per heavy atom. The van der Waals surface area contributed by atoms with Gasteiger partial charge in [0, 0.05) is 24.3 Å². The van der Waals surface area contributed by atoms with Crippen molar-refractivity contribution in [1.29, 1.82) is 0 Å². The highest BCUT2D eigenvalue weighted by Crippen LogP contribution is 2.24. The first kappa shape index (κ1) is 17.8. The van der Waals surface area contributed by atoms with Crippen LogP contribution < -0.4 is 11.1 Å². The van der Waals surface area contributed by atoms with Crippen molar-refractivity contribution in [2.24, 2.45) is 0 Å². The predicted octanol–water partition coefficient (Wildman–Crippen LogP) is 2.98. The number of hydrogen-bond donors (Lipinski definition) is 2. The normalized spacial score (nSPS) is 11.0. The van der Waals surface area contributed by atoms with E-state index in [2.05, 4.69) is 19.9 Å². The third-order valence-corrected chi connectivity index (χ3v) is 4.48. The van der Waals surface area contributed by atoms with Crippen LogP contribution in [0, 0.1) is 19.7 Å². The molecule has 0 saturated heterocycles. The number of nitrogen functional groups attached to an aromatic ring is 1. The maximum Gasteiger partial charge on any atom is 0.251 e. The molecule has 1 amide bonds. The number of pyridine rings is 1. The van der Waals surface area contributed by atoms with Crippen LogP contribution in [0.2, 0.25) is 0 Å². The van der Waals surface area contributed by atoms with E-state index in [1.165, 1.54) is 24.3 Å². The first-order valence-electron chi connectivity index (χ1n) is 8.58. The van der Waals surface area contributed by atoms with Crippen LogP contribution >= 0.6 is 0 Å². The van der Waals surface area contributed by atoms with Gasteiger partial charge in [-0.2, -0.15) is 0 Å². The fourth-order valence-corrected chi connectivity index (χ4v) is 2.93. The molecule has 0 aliphatic carbocycles. The minimum Gasteiger partial charge on any atom is -0.382 e. The summed E-state index contributed by atoms with van der Waals surface area (Å²) in [4.78, 5) is 20.7. The number of carbonyl (C=O) groups is 1. The number of nitrogens with two attached hydrogens (primary N) is 1. The first-order chi connectivity index (χ1) is 12.5. The Balaban J connectivity index is 1.53. The molecule has 1 aromatic carbocycles. The van der Waals surface area contributed by atoms with Gasteiger partial charge in [-0.15, -0.1) is 0 Å². The molecule has 0 aliphatic rings. The third kappa shape index (κ3) is 3.66. The maximum absolute atomic E-state index is 12.9. The summed E-state index contributed by atoms with van der Waals surface area (Å²) in [6.07, 6.45) is 3.49. The van der Waals surface area contributed by atoms with Crippen molar-refractivity contribution in [2.45, 2.75) is 33.2 Å². The molecule has 3 aromatic rings. The second-order valence-corrected chi connectivity index (χ2v) is 6.31. The monoisotopic (exact) mass is 355 g/mol. The van der Waals surface area contributed by atoms with Crippen LogP contribution in [0.25, 0.3) is 11.0 Å². The maximum atomic E-state index is 12.9. The van der Waals surface area contributed by atoms with Gasteiger partial charge in [-0.1, -0.05) is 0 Å². The van der Waals surface area contributed by atoms with Gasteiger partial charge in [-0.25, -0.2) is 14.4 Å². The van der Waals surface area contributed by atoms with Gasteiger partial charge in [-0.05, 0) is 56.5 Å². The summed E-state index contributed by atoms with van der Waals surface area (Å²) in [6.45, 7) is 5.30. The van der Waals surface area contributed by atoms with Crippen LogP contribution in [0.4, 0.5) is 10.2 Å². The van der Waals surface area contributed by atoms with Crippen molar-refractivity contribution in [1.82, 2.24) is 19.9 Å². The fraction of sp³-hybridized carbons (Fsp3) is 0.316. The van der Waals surface area contributed by atoms with Crippen LogP contribution in [-0.4, -0.2) is 27.0 Å². The van der Waals surface area contributed by atoms with Crippen LogP contribution in [0.5, 0.6) is 0 Å². The number of benzene rings is 1. The number of aryl methyl sites for hydroxylation is 3. The summed E-state index contributed by atoms with van der Waals surface area (Å²) < 4.78 is 15.0. The molecule has 2 heterocycles. The third-order valence-electron chi connectivity index (χ3n) is 4.48. The van der Waals surface area contributed by atoms with Crippen molar-refractivity contribution in [3.05, 3.63) is 53.2 Å². The molecule has 0 unspecified atom stereocenters. The summed E-state index contributed by atoms with van der Waals surface area (Å²) in [5.41, 5.74) is 10.2. The van der Waals surface area contributed by atoms with E-state index in [0.29, 0.717) is 17.9 Å². The van der Waals surface area contributed by atoms with E-state index in [-0.39, 0.29) is 11.7 Å². The number of nitrogens with zero attached hydrogens (tertiary/aromatic N) is 3. The molecule has 0 atom stereocenters. The van der Waals surface area contributed by atoms with Gasteiger partial charge in [0.05, 0.1) is 11.8 Å². The van der Waals surface area contributed by atoms with Crippen molar-refractivity contribution >= 4 is 22.8 Å². The molecule has 7 heteroatoms. The average molecular weight is 355 g/mol. The van der Waals surface area contributed by atoms with Gasteiger partial charge >= 0.3 is 0 Å². The lowest BCUT2D eigenvalue weighted by Gasteiger charge is -2.09. The summed E-state index contributed by atoms with van der Waals surface area (Å²) in [5.74, 6) is -0.0905. The highest BCUT2D eigenvalue weighted by Gasteiger charge is 2.12. The van der Waals surface area contributed by atoms with Gasteiger partial charge in [0.15, 0.2) is 5.82 Å². The Morgan fingerprint density at radius 2 is 1.96 bits per heavy atom. The Kier molecular flexibility index (Phi) is 5.16. The highest BCUT2D eigenvalue weighted by molar-refractivity contribution is 5.94. The zero-order valence-corrected chi connectivity index (χ0v) is 14.9. The highest BCUT2D eigenvalue weighted by atomic mass is 19.1. The second kappa shape index (κ2) is 7.51. The zero-order valence-electron chi connectivity index (χ0n) is 14.9.